The fourth-order valence-electron chi connectivity index (χ4n) is 2.50. The summed E-state index contributed by atoms with van der Waals surface area (Å²) >= 11 is 0. The molecule has 0 aromatic heterocycles. The van der Waals surface area contributed by atoms with Crippen LogP contribution >= 0.6 is 0 Å². The Balaban J connectivity index is 2.23. The summed E-state index contributed by atoms with van der Waals surface area (Å²) in [6, 6.07) is 5.28. The highest BCUT2D eigenvalue weighted by Gasteiger charge is 2.38. The van der Waals surface area contributed by atoms with Gasteiger partial charge in [0.2, 0.25) is 0 Å². The van der Waals surface area contributed by atoms with Crippen LogP contribution in [0.25, 0.3) is 0 Å². The van der Waals surface area contributed by atoms with E-state index in [1.54, 1.807) is 24.3 Å². The number of benzene rings is 1. The van der Waals surface area contributed by atoms with E-state index in [9.17, 15) is 14.4 Å². The Hall–Kier alpha value is -2.87. The molecule has 0 spiro atoms. The number of esters is 2. The molecule has 2 atom stereocenters. The molecule has 0 saturated carbocycles. The molecular formula is C17H20N2O6. The van der Waals surface area contributed by atoms with E-state index in [4.69, 9.17) is 9.47 Å². The molecule has 134 valence electrons. The van der Waals surface area contributed by atoms with Crippen molar-refractivity contribution in [2.75, 3.05) is 27.4 Å². The highest BCUT2D eigenvalue weighted by atomic mass is 16.6. The predicted molar refractivity (Wildman–Crippen MR) is 87.7 cm³/mol. The van der Waals surface area contributed by atoms with Gasteiger partial charge >= 0.3 is 18.0 Å². The van der Waals surface area contributed by atoms with E-state index in [-0.39, 0.29) is 18.9 Å². The minimum absolute atomic E-state index is 0.0983. The number of carbonyl (C=O) groups is 3. The van der Waals surface area contributed by atoms with Gasteiger partial charge in [0.1, 0.15) is 12.5 Å². The van der Waals surface area contributed by atoms with Crippen molar-refractivity contribution < 1.29 is 28.6 Å². The highest BCUT2D eigenvalue weighted by molar-refractivity contribution is 5.89. The lowest BCUT2D eigenvalue weighted by atomic mass is 9.88. The Bertz CT molecular complexity index is 670. The summed E-state index contributed by atoms with van der Waals surface area (Å²) in [5.74, 6) is -1.81. The molecule has 1 saturated heterocycles. The lowest BCUT2D eigenvalue weighted by Crippen LogP contribution is -2.51. The van der Waals surface area contributed by atoms with Gasteiger partial charge in [0, 0.05) is 12.8 Å². The second-order valence-electron chi connectivity index (χ2n) is 5.35. The molecule has 1 aliphatic rings. The largest absolute Gasteiger partial charge is 0.465 e. The van der Waals surface area contributed by atoms with Gasteiger partial charge < -0.3 is 24.8 Å². The number of rotatable bonds is 6. The SMILES string of the molecule is C=C1NC(=O)N[C@@H](c2ccc(C(=O)OC)cc2)[C@@H]1C(=O)OCCOC. The standard InChI is InChI=1S/C17H20N2O6/c1-10-13(16(21)25-9-8-23-2)14(19-17(22)18-10)11-4-6-12(7-5-11)15(20)24-3/h4-7,13-14H,1,8-9H2,2-3H3,(H2,18,19,22)/t13-,14+/m1/s1. The van der Waals surface area contributed by atoms with Crippen LogP contribution in [-0.4, -0.2) is 45.4 Å². The third kappa shape index (κ3) is 4.36. The van der Waals surface area contributed by atoms with Crippen molar-refractivity contribution in [3.8, 4) is 0 Å². The summed E-state index contributed by atoms with van der Waals surface area (Å²) in [5, 5.41) is 5.18. The van der Waals surface area contributed by atoms with Crippen LogP contribution in [-0.2, 0) is 19.0 Å². The Kier molecular flexibility index (Phi) is 6.13. The summed E-state index contributed by atoms with van der Waals surface area (Å²) in [6.45, 7) is 4.12. The fourth-order valence-corrected chi connectivity index (χ4v) is 2.50. The third-order valence-corrected chi connectivity index (χ3v) is 3.75. The molecule has 8 nitrogen and oxygen atoms in total. The summed E-state index contributed by atoms with van der Waals surface area (Å²) in [7, 11) is 2.79. The van der Waals surface area contributed by atoms with Crippen LogP contribution in [0, 0.1) is 5.92 Å². The second kappa shape index (κ2) is 8.29. The van der Waals surface area contributed by atoms with E-state index in [1.807, 2.05) is 0 Å². The van der Waals surface area contributed by atoms with E-state index in [2.05, 4.69) is 21.9 Å². The maximum Gasteiger partial charge on any atom is 0.337 e. The summed E-state index contributed by atoms with van der Waals surface area (Å²) in [4.78, 5) is 35.7. The first kappa shape index (κ1) is 18.5. The molecule has 25 heavy (non-hydrogen) atoms. The summed E-state index contributed by atoms with van der Waals surface area (Å²) in [5.41, 5.74) is 1.25. The molecule has 1 aromatic rings. The number of amides is 2. The number of urea groups is 1. The van der Waals surface area contributed by atoms with Gasteiger partial charge in [-0.05, 0) is 17.7 Å². The highest BCUT2D eigenvalue weighted by Crippen LogP contribution is 2.30. The van der Waals surface area contributed by atoms with Gasteiger partial charge in [0.15, 0.2) is 0 Å². The van der Waals surface area contributed by atoms with Gasteiger partial charge in [-0.3, -0.25) is 4.79 Å². The maximum absolute atomic E-state index is 12.4. The maximum atomic E-state index is 12.4. The van der Waals surface area contributed by atoms with Crippen LogP contribution in [0.3, 0.4) is 0 Å². The molecular weight excluding hydrogens is 328 g/mol. The van der Waals surface area contributed by atoms with Gasteiger partial charge in [-0.15, -0.1) is 0 Å². The van der Waals surface area contributed by atoms with Crippen LogP contribution in [0.1, 0.15) is 22.0 Å². The topological polar surface area (TPSA) is 103 Å². The van der Waals surface area contributed by atoms with Crippen LogP contribution in [0.5, 0.6) is 0 Å². The van der Waals surface area contributed by atoms with E-state index >= 15 is 0 Å². The van der Waals surface area contributed by atoms with E-state index < -0.39 is 29.9 Å². The number of ether oxygens (including phenoxy) is 3. The zero-order valence-electron chi connectivity index (χ0n) is 14.0. The van der Waals surface area contributed by atoms with Crippen molar-refractivity contribution in [2.24, 2.45) is 5.92 Å². The quantitative estimate of drug-likeness (QED) is 0.590. The smallest absolute Gasteiger partial charge is 0.337 e. The summed E-state index contributed by atoms with van der Waals surface area (Å²) in [6.07, 6.45) is 0. The van der Waals surface area contributed by atoms with Crippen LogP contribution in [0.15, 0.2) is 36.5 Å². The number of hydrogen-bond donors (Lipinski definition) is 2. The average molecular weight is 348 g/mol. The van der Waals surface area contributed by atoms with Gasteiger partial charge in [-0.2, -0.15) is 0 Å². The fraction of sp³-hybridized carbons (Fsp3) is 0.353. The minimum Gasteiger partial charge on any atom is -0.465 e. The van der Waals surface area contributed by atoms with Crippen molar-refractivity contribution in [1.29, 1.82) is 0 Å². The monoisotopic (exact) mass is 348 g/mol. The summed E-state index contributed by atoms with van der Waals surface area (Å²) < 4.78 is 14.7. The Labute approximate surface area is 145 Å². The first-order chi connectivity index (χ1) is 12.0. The van der Waals surface area contributed by atoms with Gasteiger partial charge in [-0.1, -0.05) is 18.7 Å². The lowest BCUT2D eigenvalue weighted by Gasteiger charge is -2.33. The number of carbonyl (C=O) groups excluding carboxylic acids is 3. The Morgan fingerprint density at radius 1 is 1.16 bits per heavy atom. The van der Waals surface area contributed by atoms with Crippen molar-refractivity contribution in [1.82, 2.24) is 10.6 Å². The molecule has 2 rings (SSSR count). The average Bonchev–Trinajstić information content (AvgIpc) is 2.60. The molecule has 8 heteroatoms. The Morgan fingerprint density at radius 2 is 1.84 bits per heavy atom. The number of methoxy groups -OCH3 is 2. The van der Waals surface area contributed by atoms with Crippen molar-refractivity contribution in [3.63, 3.8) is 0 Å². The normalized spacial score (nSPS) is 19.6. The molecule has 2 N–H and O–H groups in total. The molecule has 1 aromatic carbocycles. The molecule has 1 fully saturated rings. The molecule has 0 aliphatic carbocycles. The van der Waals surface area contributed by atoms with Gasteiger partial charge in [0.25, 0.3) is 0 Å². The van der Waals surface area contributed by atoms with Gasteiger partial charge in [-0.25, -0.2) is 9.59 Å². The first-order valence-corrected chi connectivity index (χ1v) is 7.58. The van der Waals surface area contributed by atoms with E-state index in [1.165, 1.54) is 14.2 Å². The zero-order chi connectivity index (χ0) is 18.4. The van der Waals surface area contributed by atoms with E-state index in [0.717, 1.165) is 0 Å². The Morgan fingerprint density at radius 3 is 2.44 bits per heavy atom. The zero-order valence-corrected chi connectivity index (χ0v) is 14.0. The first-order valence-electron chi connectivity index (χ1n) is 7.58. The third-order valence-electron chi connectivity index (χ3n) is 3.75. The second-order valence-corrected chi connectivity index (χ2v) is 5.35. The van der Waals surface area contributed by atoms with Crippen molar-refractivity contribution >= 4 is 18.0 Å². The predicted octanol–water partition coefficient (Wildman–Crippen LogP) is 1.15. The van der Waals surface area contributed by atoms with Crippen molar-refractivity contribution in [3.05, 3.63) is 47.7 Å². The number of hydrogen-bond acceptors (Lipinski definition) is 6. The molecule has 1 heterocycles. The number of nitrogens with one attached hydrogen (secondary N) is 2. The lowest BCUT2D eigenvalue weighted by molar-refractivity contribution is -0.149. The molecule has 2 amide bonds. The van der Waals surface area contributed by atoms with E-state index in [0.29, 0.717) is 11.1 Å². The van der Waals surface area contributed by atoms with Crippen LogP contribution in [0.4, 0.5) is 4.79 Å². The van der Waals surface area contributed by atoms with Crippen LogP contribution < -0.4 is 10.6 Å². The molecule has 0 radical (unpaired) electrons. The van der Waals surface area contributed by atoms with Gasteiger partial charge in [0.05, 0.1) is 25.3 Å². The minimum atomic E-state index is -0.807. The van der Waals surface area contributed by atoms with Crippen LogP contribution in [0.2, 0.25) is 0 Å². The molecule has 0 bridgehead atoms. The van der Waals surface area contributed by atoms with Crippen molar-refractivity contribution in [2.45, 2.75) is 6.04 Å². The molecule has 1 aliphatic heterocycles. The molecule has 0 unspecified atom stereocenters.